The third-order valence-corrected chi connectivity index (χ3v) is 5.22. The number of likely N-dealkylation sites (tertiary alicyclic amines) is 1. The van der Waals surface area contributed by atoms with Crippen molar-refractivity contribution in [1.29, 1.82) is 0 Å². The lowest BCUT2D eigenvalue weighted by Crippen LogP contribution is -2.42. The summed E-state index contributed by atoms with van der Waals surface area (Å²) in [5, 5.41) is 2.89. The van der Waals surface area contributed by atoms with Crippen LogP contribution in [-0.2, 0) is 0 Å². The summed E-state index contributed by atoms with van der Waals surface area (Å²) in [6, 6.07) is 6.32. The van der Waals surface area contributed by atoms with E-state index in [1.54, 1.807) is 29.3 Å². The highest BCUT2D eigenvalue weighted by Gasteiger charge is 2.23. The Kier molecular flexibility index (Phi) is 6.93. The summed E-state index contributed by atoms with van der Waals surface area (Å²) in [4.78, 5) is 39.5. The van der Waals surface area contributed by atoms with Crippen LogP contribution in [0.4, 0.5) is 5.82 Å². The molecule has 0 spiro atoms. The molecule has 0 radical (unpaired) electrons. The first-order valence-electron chi connectivity index (χ1n) is 10.8. The van der Waals surface area contributed by atoms with Crippen LogP contribution in [0.15, 0.2) is 42.9 Å². The summed E-state index contributed by atoms with van der Waals surface area (Å²) in [5.41, 5.74) is 1.42. The number of pyridine rings is 1. The number of aryl methyl sites for hydroxylation is 1. The van der Waals surface area contributed by atoms with E-state index in [0.717, 1.165) is 25.2 Å². The summed E-state index contributed by atoms with van der Waals surface area (Å²) in [6.45, 7) is 7.02. The van der Waals surface area contributed by atoms with Gasteiger partial charge in [-0.2, -0.15) is 0 Å². The lowest BCUT2D eigenvalue weighted by atomic mass is 10.1. The number of nitrogens with one attached hydrogen (secondary N) is 1. The van der Waals surface area contributed by atoms with E-state index >= 15 is 0 Å². The van der Waals surface area contributed by atoms with E-state index in [2.05, 4.69) is 20.3 Å². The quantitative estimate of drug-likeness (QED) is 0.529. The van der Waals surface area contributed by atoms with Gasteiger partial charge in [-0.25, -0.2) is 9.97 Å². The number of aromatic nitrogens is 3. The second-order valence-corrected chi connectivity index (χ2v) is 8.52. The summed E-state index contributed by atoms with van der Waals surface area (Å²) in [6.07, 6.45) is 5.34. The van der Waals surface area contributed by atoms with Crippen molar-refractivity contribution in [3.05, 3.63) is 64.7 Å². The Hall–Kier alpha value is -3.72. The number of benzene rings is 1. The lowest BCUT2D eigenvalue weighted by Gasteiger charge is -2.30. The molecule has 1 N–H and O–H groups in total. The van der Waals surface area contributed by atoms with E-state index < -0.39 is 5.91 Å². The summed E-state index contributed by atoms with van der Waals surface area (Å²) < 4.78 is 11.7. The number of ether oxygens (including phenoxy) is 2. The molecule has 0 atom stereocenters. The number of carbonyl (C=O) groups excluding carboxylic acids is 2. The van der Waals surface area contributed by atoms with Crippen molar-refractivity contribution in [1.82, 2.24) is 19.9 Å². The van der Waals surface area contributed by atoms with Gasteiger partial charge in [0.25, 0.3) is 11.8 Å². The number of carbonyl (C=O) groups is 2. The minimum absolute atomic E-state index is 0.110. The van der Waals surface area contributed by atoms with Gasteiger partial charge in [0.05, 0.1) is 29.8 Å². The summed E-state index contributed by atoms with van der Waals surface area (Å²) >= 11 is 6.35. The van der Waals surface area contributed by atoms with E-state index in [4.69, 9.17) is 21.1 Å². The van der Waals surface area contributed by atoms with Crippen molar-refractivity contribution in [2.75, 3.05) is 18.4 Å². The molecule has 176 valence electrons. The molecule has 3 aromatic rings. The van der Waals surface area contributed by atoms with Crippen molar-refractivity contribution in [3.8, 4) is 17.4 Å². The Morgan fingerprint density at radius 3 is 2.38 bits per heavy atom. The van der Waals surface area contributed by atoms with Crippen LogP contribution in [0, 0.1) is 6.92 Å². The van der Waals surface area contributed by atoms with Gasteiger partial charge in [-0.1, -0.05) is 11.6 Å². The highest BCUT2D eigenvalue weighted by Crippen LogP contribution is 2.32. The molecule has 3 heterocycles. The first kappa shape index (κ1) is 23.4. The first-order valence-corrected chi connectivity index (χ1v) is 11.2. The smallest absolute Gasteiger partial charge is 0.257 e. The van der Waals surface area contributed by atoms with E-state index in [1.165, 1.54) is 18.5 Å². The topological polar surface area (TPSA) is 107 Å². The average Bonchev–Trinajstić information content (AvgIpc) is 2.75. The van der Waals surface area contributed by atoms with Gasteiger partial charge >= 0.3 is 0 Å². The number of rotatable bonds is 7. The molecule has 1 aliphatic heterocycles. The zero-order valence-electron chi connectivity index (χ0n) is 19.0. The molecular formula is C24H24ClN5O4. The molecule has 4 rings (SSSR count). The summed E-state index contributed by atoms with van der Waals surface area (Å²) in [5.74, 6) is 0.645. The highest BCUT2D eigenvalue weighted by atomic mass is 35.5. The fourth-order valence-electron chi connectivity index (χ4n) is 3.18. The molecule has 0 aliphatic carbocycles. The zero-order chi connectivity index (χ0) is 24.2. The van der Waals surface area contributed by atoms with Gasteiger partial charge in [-0.3, -0.25) is 14.6 Å². The van der Waals surface area contributed by atoms with Gasteiger partial charge in [0.2, 0.25) is 5.88 Å². The monoisotopic (exact) mass is 481 g/mol. The number of amides is 2. The lowest BCUT2D eigenvalue weighted by molar-refractivity contribution is 0.0651. The summed E-state index contributed by atoms with van der Waals surface area (Å²) in [7, 11) is 0. The minimum Gasteiger partial charge on any atom is -0.491 e. The van der Waals surface area contributed by atoms with Crippen LogP contribution in [0.5, 0.6) is 17.4 Å². The SMILES string of the molecule is Cc1cnc(NC(=O)c2cc(Oc3ncc(C(=O)N4CCC4)cc3Cl)cc(OC(C)C)c2)cn1. The third kappa shape index (κ3) is 5.60. The maximum Gasteiger partial charge on any atom is 0.257 e. The second-order valence-electron chi connectivity index (χ2n) is 8.12. The normalized spacial score (nSPS) is 12.8. The maximum absolute atomic E-state index is 12.9. The van der Waals surface area contributed by atoms with Crippen molar-refractivity contribution in [3.63, 3.8) is 0 Å². The largest absolute Gasteiger partial charge is 0.491 e. The molecule has 1 aromatic carbocycles. The van der Waals surface area contributed by atoms with Gasteiger partial charge in [-0.05, 0) is 45.4 Å². The predicted molar refractivity (Wildman–Crippen MR) is 127 cm³/mol. The number of hydrogen-bond donors (Lipinski definition) is 1. The van der Waals surface area contributed by atoms with Gasteiger partial charge in [-0.15, -0.1) is 0 Å². The van der Waals surface area contributed by atoms with Gasteiger partial charge in [0.15, 0.2) is 5.82 Å². The van der Waals surface area contributed by atoms with Gasteiger partial charge in [0.1, 0.15) is 16.5 Å². The van der Waals surface area contributed by atoms with Crippen LogP contribution in [0.2, 0.25) is 5.02 Å². The van der Waals surface area contributed by atoms with Crippen LogP contribution in [-0.4, -0.2) is 50.9 Å². The molecule has 1 fully saturated rings. The van der Waals surface area contributed by atoms with Crippen molar-refractivity contribution in [2.45, 2.75) is 33.3 Å². The molecule has 2 aromatic heterocycles. The molecular weight excluding hydrogens is 458 g/mol. The van der Waals surface area contributed by atoms with Crippen molar-refractivity contribution < 1.29 is 19.1 Å². The van der Waals surface area contributed by atoms with Gasteiger partial charge < -0.3 is 19.7 Å². The highest BCUT2D eigenvalue weighted by molar-refractivity contribution is 6.32. The van der Waals surface area contributed by atoms with Crippen LogP contribution < -0.4 is 14.8 Å². The van der Waals surface area contributed by atoms with E-state index in [0.29, 0.717) is 22.9 Å². The maximum atomic E-state index is 12.9. The van der Waals surface area contributed by atoms with Crippen molar-refractivity contribution >= 4 is 29.2 Å². The molecule has 1 saturated heterocycles. The second kappa shape index (κ2) is 10.0. The molecule has 1 aliphatic rings. The van der Waals surface area contributed by atoms with Crippen LogP contribution in [0.25, 0.3) is 0 Å². The van der Waals surface area contributed by atoms with Crippen LogP contribution in [0.3, 0.4) is 0 Å². The van der Waals surface area contributed by atoms with E-state index in [1.807, 2.05) is 20.8 Å². The molecule has 0 unspecified atom stereocenters. The van der Waals surface area contributed by atoms with Crippen LogP contribution in [0.1, 0.15) is 46.7 Å². The standard InChI is InChI=1S/C24H24ClN5O4/c1-14(2)33-18-7-16(22(31)29-21-13-26-15(3)11-27-21)8-19(10-18)34-23-20(25)9-17(12-28-23)24(32)30-5-4-6-30/h7-14H,4-6H2,1-3H3,(H,27,29,31). The Morgan fingerprint density at radius 2 is 1.76 bits per heavy atom. The fourth-order valence-corrected chi connectivity index (χ4v) is 3.38. The Morgan fingerprint density at radius 1 is 1.00 bits per heavy atom. The number of nitrogens with zero attached hydrogens (tertiary/aromatic N) is 4. The fraction of sp³-hybridized carbons (Fsp3) is 0.292. The van der Waals surface area contributed by atoms with E-state index in [9.17, 15) is 9.59 Å². The van der Waals surface area contributed by atoms with Crippen LogP contribution >= 0.6 is 11.6 Å². The third-order valence-electron chi connectivity index (χ3n) is 4.95. The van der Waals surface area contributed by atoms with E-state index in [-0.39, 0.29) is 28.5 Å². The zero-order valence-corrected chi connectivity index (χ0v) is 19.8. The Balaban J connectivity index is 1.57. The number of hydrogen-bond acceptors (Lipinski definition) is 7. The van der Waals surface area contributed by atoms with Crippen molar-refractivity contribution in [2.24, 2.45) is 0 Å². The number of halogens is 1. The molecule has 2 amide bonds. The Bertz CT molecular complexity index is 1210. The molecule has 34 heavy (non-hydrogen) atoms. The number of anilines is 1. The Labute approximate surface area is 202 Å². The molecule has 9 nitrogen and oxygen atoms in total. The van der Waals surface area contributed by atoms with Gasteiger partial charge in [0, 0.05) is 30.9 Å². The molecule has 0 saturated carbocycles. The predicted octanol–water partition coefficient (Wildman–Crippen LogP) is 4.51. The minimum atomic E-state index is -0.410. The molecule has 0 bridgehead atoms. The average molecular weight is 482 g/mol. The first-order chi connectivity index (χ1) is 16.3. The molecule has 10 heteroatoms.